The molecule has 0 bridgehead atoms. The minimum atomic E-state index is 0.849. The van der Waals surface area contributed by atoms with Crippen molar-refractivity contribution in [3.05, 3.63) is 24.3 Å². The lowest BCUT2D eigenvalue weighted by molar-refractivity contribution is 0.313. The summed E-state index contributed by atoms with van der Waals surface area (Å²) in [5.74, 6) is 0. The highest BCUT2D eigenvalue weighted by Gasteiger charge is 2.13. The van der Waals surface area contributed by atoms with E-state index in [0.29, 0.717) is 0 Å². The van der Waals surface area contributed by atoms with E-state index in [1.165, 1.54) is 5.69 Å². The molecule has 1 aromatic rings. The maximum atomic E-state index is 5.76. The third-order valence-corrected chi connectivity index (χ3v) is 2.74. The predicted molar refractivity (Wildman–Crippen MR) is 61.5 cm³/mol. The van der Waals surface area contributed by atoms with Crippen molar-refractivity contribution < 1.29 is 0 Å². The van der Waals surface area contributed by atoms with Crippen LogP contribution < -0.4 is 10.4 Å². The van der Waals surface area contributed by atoms with Gasteiger partial charge in [-0.25, -0.2) is 0 Å². The average Bonchev–Trinajstić information content (AvgIpc) is 2.19. The first-order valence-corrected chi connectivity index (χ1v) is 5.05. The molecule has 3 heteroatoms. The molecule has 0 saturated carbocycles. The van der Waals surface area contributed by atoms with Gasteiger partial charge in [-0.3, -0.25) is 0 Å². The summed E-state index contributed by atoms with van der Waals surface area (Å²) in [6.07, 6.45) is 0. The van der Waals surface area contributed by atoms with Crippen LogP contribution in [0.4, 0.5) is 5.69 Å². The molecule has 0 aliphatic carbocycles. The molecule has 72 valence electrons. The summed E-state index contributed by atoms with van der Waals surface area (Å²) in [6, 6.07) is 8.12. The van der Waals surface area contributed by atoms with Crippen molar-refractivity contribution in [3.8, 4) is 0 Å². The SMILES string of the molecule is [B]c1cccc(N2CCN(C)CC2)c1. The van der Waals surface area contributed by atoms with Crippen LogP contribution in [0.15, 0.2) is 24.3 Å². The third kappa shape index (κ3) is 2.10. The van der Waals surface area contributed by atoms with E-state index in [-0.39, 0.29) is 0 Å². The van der Waals surface area contributed by atoms with Crippen LogP contribution >= 0.6 is 0 Å². The smallest absolute Gasteiger partial charge is 0.113 e. The maximum Gasteiger partial charge on any atom is 0.113 e. The number of rotatable bonds is 1. The van der Waals surface area contributed by atoms with Gasteiger partial charge in [0.05, 0.1) is 0 Å². The summed E-state index contributed by atoms with van der Waals surface area (Å²) in [5, 5.41) is 0. The van der Waals surface area contributed by atoms with Crippen LogP contribution in [0.25, 0.3) is 0 Å². The molecular formula is C11H15BN2. The first kappa shape index (κ1) is 9.59. The molecule has 1 saturated heterocycles. The zero-order chi connectivity index (χ0) is 9.97. The van der Waals surface area contributed by atoms with E-state index >= 15 is 0 Å². The molecule has 0 N–H and O–H groups in total. The van der Waals surface area contributed by atoms with E-state index in [4.69, 9.17) is 7.85 Å². The zero-order valence-corrected chi connectivity index (χ0v) is 8.61. The molecule has 0 spiro atoms. The number of hydrogen-bond donors (Lipinski definition) is 0. The Labute approximate surface area is 86.9 Å². The molecule has 0 aromatic heterocycles. The van der Waals surface area contributed by atoms with Gasteiger partial charge in [-0.1, -0.05) is 17.6 Å². The molecule has 1 aliphatic rings. The summed E-state index contributed by atoms with van der Waals surface area (Å²) >= 11 is 0. The van der Waals surface area contributed by atoms with Gasteiger partial charge in [-0.2, -0.15) is 0 Å². The Balaban J connectivity index is 2.08. The minimum Gasteiger partial charge on any atom is -0.369 e. The molecule has 0 unspecified atom stereocenters. The van der Waals surface area contributed by atoms with Crippen LogP contribution in [0.3, 0.4) is 0 Å². The fourth-order valence-electron chi connectivity index (χ4n) is 1.79. The lowest BCUT2D eigenvalue weighted by Gasteiger charge is -2.34. The van der Waals surface area contributed by atoms with Crippen molar-refractivity contribution in [1.29, 1.82) is 0 Å². The second-order valence-corrected chi connectivity index (χ2v) is 3.89. The van der Waals surface area contributed by atoms with Gasteiger partial charge in [-0.15, -0.1) is 0 Å². The zero-order valence-electron chi connectivity index (χ0n) is 8.61. The van der Waals surface area contributed by atoms with Crippen molar-refractivity contribution in [2.24, 2.45) is 0 Å². The molecule has 1 fully saturated rings. The molecule has 2 radical (unpaired) electrons. The Hall–Kier alpha value is -0.955. The third-order valence-electron chi connectivity index (χ3n) is 2.74. The standard InChI is InChI=1S/C11H15BN2/c1-13-5-7-14(8-6-13)11-4-2-3-10(12)9-11/h2-4,9H,5-8H2,1H3. The Morgan fingerprint density at radius 3 is 2.50 bits per heavy atom. The predicted octanol–water partition coefficient (Wildman–Crippen LogP) is 0.232. The number of piperazine rings is 1. The van der Waals surface area contributed by atoms with Gasteiger partial charge in [0.15, 0.2) is 0 Å². The minimum absolute atomic E-state index is 0.849. The average molecular weight is 186 g/mol. The van der Waals surface area contributed by atoms with E-state index in [2.05, 4.69) is 22.9 Å². The molecule has 14 heavy (non-hydrogen) atoms. The van der Waals surface area contributed by atoms with Crippen molar-refractivity contribution >= 4 is 19.0 Å². The van der Waals surface area contributed by atoms with E-state index < -0.39 is 0 Å². The van der Waals surface area contributed by atoms with E-state index in [1.807, 2.05) is 18.2 Å². The van der Waals surface area contributed by atoms with Gasteiger partial charge in [0.1, 0.15) is 7.85 Å². The largest absolute Gasteiger partial charge is 0.369 e. The van der Waals surface area contributed by atoms with Crippen molar-refractivity contribution in [3.63, 3.8) is 0 Å². The molecule has 1 aromatic carbocycles. The van der Waals surface area contributed by atoms with Crippen LogP contribution in [-0.2, 0) is 0 Å². The Bertz CT molecular complexity index is 306. The lowest BCUT2D eigenvalue weighted by Crippen LogP contribution is -2.44. The highest BCUT2D eigenvalue weighted by molar-refractivity contribution is 6.32. The summed E-state index contributed by atoms with van der Waals surface area (Å²) in [4.78, 5) is 4.74. The van der Waals surface area contributed by atoms with Gasteiger partial charge in [0.25, 0.3) is 0 Å². The number of hydrogen-bond acceptors (Lipinski definition) is 2. The molecule has 2 rings (SSSR count). The highest BCUT2D eigenvalue weighted by atomic mass is 15.2. The fraction of sp³-hybridized carbons (Fsp3) is 0.455. The second-order valence-electron chi connectivity index (χ2n) is 3.89. The fourth-order valence-corrected chi connectivity index (χ4v) is 1.79. The first-order valence-electron chi connectivity index (χ1n) is 5.05. The normalized spacial score (nSPS) is 18.5. The second kappa shape index (κ2) is 4.05. The van der Waals surface area contributed by atoms with Crippen molar-refractivity contribution in [2.45, 2.75) is 0 Å². The van der Waals surface area contributed by atoms with Gasteiger partial charge < -0.3 is 9.80 Å². The van der Waals surface area contributed by atoms with Gasteiger partial charge >= 0.3 is 0 Å². The van der Waals surface area contributed by atoms with Gasteiger partial charge in [0, 0.05) is 31.9 Å². The molecular weight excluding hydrogens is 171 g/mol. The van der Waals surface area contributed by atoms with Crippen LogP contribution in [0, 0.1) is 0 Å². The molecule has 1 heterocycles. The van der Waals surface area contributed by atoms with E-state index in [9.17, 15) is 0 Å². The summed E-state index contributed by atoms with van der Waals surface area (Å²) in [7, 11) is 7.92. The number of anilines is 1. The Kier molecular flexibility index (Phi) is 2.78. The number of benzene rings is 1. The van der Waals surface area contributed by atoms with E-state index in [0.717, 1.165) is 31.6 Å². The Morgan fingerprint density at radius 2 is 1.86 bits per heavy atom. The molecule has 0 atom stereocenters. The number of likely N-dealkylation sites (N-methyl/N-ethyl adjacent to an activating group) is 1. The number of nitrogens with zero attached hydrogens (tertiary/aromatic N) is 2. The molecule has 0 amide bonds. The summed E-state index contributed by atoms with van der Waals surface area (Å²) < 4.78 is 0. The van der Waals surface area contributed by atoms with Crippen molar-refractivity contribution in [2.75, 3.05) is 38.1 Å². The van der Waals surface area contributed by atoms with Gasteiger partial charge in [0.2, 0.25) is 0 Å². The first-order chi connectivity index (χ1) is 6.75. The lowest BCUT2D eigenvalue weighted by atomic mass is 9.96. The molecule has 1 aliphatic heterocycles. The van der Waals surface area contributed by atoms with Gasteiger partial charge in [-0.05, 0) is 19.2 Å². The van der Waals surface area contributed by atoms with Crippen LogP contribution in [-0.4, -0.2) is 46.0 Å². The summed E-state index contributed by atoms with van der Waals surface area (Å²) in [5.41, 5.74) is 2.10. The topological polar surface area (TPSA) is 6.48 Å². The quantitative estimate of drug-likeness (QED) is 0.579. The maximum absolute atomic E-state index is 5.76. The van der Waals surface area contributed by atoms with Crippen LogP contribution in [0.1, 0.15) is 0 Å². The van der Waals surface area contributed by atoms with E-state index in [1.54, 1.807) is 0 Å². The van der Waals surface area contributed by atoms with Crippen LogP contribution in [0.2, 0.25) is 0 Å². The Morgan fingerprint density at radius 1 is 1.14 bits per heavy atom. The van der Waals surface area contributed by atoms with Crippen molar-refractivity contribution in [1.82, 2.24) is 4.90 Å². The summed E-state index contributed by atoms with van der Waals surface area (Å²) in [6.45, 7) is 4.46. The highest BCUT2D eigenvalue weighted by Crippen LogP contribution is 2.13. The molecule has 2 nitrogen and oxygen atoms in total. The monoisotopic (exact) mass is 186 g/mol. The van der Waals surface area contributed by atoms with Crippen LogP contribution in [0.5, 0.6) is 0 Å².